The van der Waals surface area contributed by atoms with E-state index in [0.717, 1.165) is 43.4 Å². The van der Waals surface area contributed by atoms with Gasteiger partial charge in [-0.15, -0.1) is 10.2 Å². The predicted octanol–water partition coefficient (Wildman–Crippen LogP) is 3.34. The van der Waals surface area contributed by atoms with Gasteiger partial charge >= 0.3 is 0 Å². The van der Waals surface area contributed by atoms with Crippen LogP contribution in [0.5, 0.6) is 0 Å². The molecule has 27 heavy (non-hydrogen) atoms. The third kappa shape index (κ3) is 4.32. The third-order valence-electron chi connectivity index (χ3n) is 5.09. The number of rotatable bonds is 5. The maximum absolute atomic E-state index is 13.8. The van der Waals surface area contributed by atoms with E-state index >= 15 is 0 Å². The van der Waals surface area contributed by atoms with Crippen molar-refractivity contribution in [1.82, 2.24) is 19.7 Å². The fourth-order valence-corrected chi connectivity index (χ4v) is 3.51. The molecule has 6 nitrogen and oxygen atoms in total. The van der Waals surface area contributed by atoms with Crippen molar-refractivity contribution in [3.63, 3.8) is 0 Å². The molecule has 0 spiro atoms. The minimum Gasteiger partial charge on any atom is -0.322 e. The molecule has 1 aromatic heterocycles. The molecule has 0 bridgehead atoms. The summed E-state index contributed by atoms with van der Waals surface area (Å²) in [5.41, 5.74) is -0.139. The van der Waals surface area contributed by atoms with Crippen LogP contribution in [0, 0.1) is 11.6 Å². The van der Waals surface area contributed by atoms with Crippen LogP contribution in [0.2, 0.25) is 0 Å². The Morgan fingerprint density at radius 3 is 2.81 bits per heavy atom. The topological polar surface area (TPSA) is 63.1 Å². The first-order chi connectivity index (χ1) is 12.9. The molecule has 8 heteroatoms. The fraction of sp³-hybridized carbons (Fsp3) is 0.526. The molecule has 1 aromatic carbocycles. The zero-order valence-corrected chi connectivity index (χ0v) is 15.8. The van der Waals surface area contributed by atoms with Gasteiger partial charge in [-0.3, -0.25) is 9.69 Å². The lowest BCUT2D eigenvalue weighted by molar-refractivity contribution is -0.121. The zero-order chi connectivity index (χ0) is 19.6. The summed E-state index contributed by atoms with van der Waals surface area (Å²) < 4.78 is 29.2. The number of likely N-dealkylation sites (tertiary alicyclic amines) is 1. The number of amides is 1. The summed E-state index contributed by atoms with van der Waals surface area (Å²) in [7, 11) is 0. The van der Waals surface area contributed by atoms with E-state index in [9.17, 15) is 13.6 Å². The van der Waals surface area contributed by atoms with Crippen LogP contribution >= 0.6 is 0 Å². The monoisotopic (exact) mass is 377 g/mol. The molecule has 1 saturated heterocycles. The molecular weight excluding hydrogens is 352 g/mol. The van der Waals surface area contributed by atoms with E-state index in [1.807, 2.05) is 0 Å². The van der Waals surface area contributed by atoms with Crippen LogP contribution in [-0.4, -0.2) is 44.7 Å². The molecule has 1 N–H and O–H groups in total. The van der Waals surface area contributed by atoms with Crippen LogP contribution < -0.4 is 5.32 Å². The summed E-state index contributed by atoms with van der Waals surface area (Å²) >= 11 is 0. The molecular formula is C19H25F2N5O. The number of nitrogens with zero attached hydrogens (tertiary/aromatic N) is 4. The van der Waals surface area contributed by atoms with E-state index in [2.05, 4.69) is 38.8 Å². The Labute approximate surface area is 157 Å². The van der Waals surface area contributed by atoms with Gasteiger partial charge in [0.05, 0.1) is 11.7 Å². The summed E-state index contributed by atoms with van der Waals surface area (Å²) in [4.78, 5) is 14.6. The van der Waals surface area contributed by atoms with Gasteiger partial charge in [-0.2, -0.15) is 0 Å². The first-order valence-electron chi connectivity index (χ1n) is 9.26. The van der Waals surface area contributed by atoms with Crippen LogP contribution in [0.15, 0.2) is 24.5 Å². The molecule has 0 saturated carbocycles. The average molecular weight is 377 g/mol. The number of carbonyl (C=O) groups is 1. The molecule has 2 atom stereocenters. The first kappa shape index (κ1) is 19.4. The van der Waals surface area contributed by atoms with Crippen molar-refractivity contribution in [2.24, 2.45) is 0 Å². The van der Waals surface area contributed by atoms with E-state index in [1.165, 1.54) is 0 Å². The fourth-order valence-electron chi connectivity index (χ4n) is 3.51. The van der Waals surface area contributed by atoms with Gasteiger partial charge in [-0.1, -0.05) is 0 Å². The Morgan fingerprint density at radius 2 is 2.07 bits per heavy atom. The van der Waals surface area contributed by atoms with Crippen LogP contribution in [0.3, 0.4) is 0 Å². The first-order valence-corrected chi connectivity index (χ1v) is 9.26. The summed E-state index contributed by atoms with van der Waals surface area (Å²) in [6.07, 6.45) is 3.65. The minimum atomic E-state index is -0.654. The standard InChI is InChI=1S/C19H25F2N5O/c1-12(2)26-11-22-24-18(26)14-5-4-8-25(10-14)13(3)19(27)23-17-9-15(20)6-7-16(17)21/h6-7,9,11-14H,4-5,8,10H2,1-3H3,(H,23,27)/t13-,14-/m1/s1. The number of aromatic nitrogens is 3. The van der Waals surface area contributed by atoms with Crippen molar-refractivity contribution in [1.29, 1.82) is 0 Å². The molecule has 0 unspecified atom stereocenters. The van der Waals surface area contributed by atoms with Crippen molar-refractivity contribution in [2.45, 2.75) is 51.6 Å². The highest BCUT2D eigenvalue weighted by Crippen LogP contribution is 2.28. The normalized spacial score (nSPS) is 19.3. The number of piperidine rings is 1. The van der Waals surface area contributed by atoms with Crippen LogP contribution in [0.4, 0.5) is 14.5 Å². The lowest BCUT2D eigenvalue weighted by atomic mass is 9.95. The van der Waals surface area contributed by atoms with Gasteiger partial charge in [0, 0.05) is 24.6 Å². The van der Waals surface area contributed by atoms with Gasteiger partial charge in [0.2, 0.25) is 5.91 Å². The smallest absolute Gasteiger partial charge is 0.241 e. The van der Waals surface area contributed by atoms with Gasteiger partial charge in [0.15, 0.2) is 0 Å². The molecule has 0 radical (unpaired) electrons. The average Bonchev–Trinajstić information content (AvgIpc) is 3.14. The second-order valence-electron chi connectivity index (χ2n) is 7.31. The lowest BCUT2D eigenvalue weighted by Crippen LogP contribution is -2.47. The maximum atomic E-state index is 13.8. The zero-order valence-electron chi connectivity index (χ0n) is 15.8. The third-order valence-corrected chi connectivity index (χ3v) is 5.09. The summed E-state index contributed by atoms with van der Waals surface area (Å²) in [5, 5.41) is 10.8. The van der Waals surface area contributed by atoms with Gasteiger partial charge in [0.25, 0.3) is 0 Å². The Balaban J connectivity index is 1.69. The van der Waals surface area contributed by atoms with Gasteiger partial charge in [0.1, 0.15) is 23.8 Å². The van der Waals surface area contributed by atoms with Crippen molar-refractivity contribution in [3.05, 3.63) is 42.0 Å². The minimum absolute atomic E-state index is 0.139. The number of hydrogen-bond donors (Lipinski definition) is 1. The van der Waals surface area contributed by atoms with Crippen molar-refractivity contribution in [3.8, 4) is 0 Å². The van der Waals surface area contributed by atoms with E-state index in [-0.39, 0.29) is 23.6 Å². The highest BCUT2D eigenvalue weighted by atomic mass is 19.1. The number of anilines is 1. The SMILES string of the molecule is CC(C)n1cnnc1[C@@H]1CCCN([C@H](C)C(=O)Nc2cc(F)ccc2F)C1. The second kappa shape index (κ2) is 8.12. The van der Waals surface area contributed by atoms with Crippen LogP contribution in [0.1, 0.15) is 51.4 Å². The largest absolute Gasteiger partial charge is 0.322 e. The number of halogens is 2. The van der Waals surface area contributed by atoms with E-state index in [0.29, 0.717) is 6.54 Å². The Hall–Kier alpha value is -2.35. The van der Waals surface area contributed by atoms with Crippen molar-refractivity contribution in [2.75, 3.05) is 18.4 Å². The Kier molecular flexibility index (Phi) is 5.84. The predicted molar refractivity (Wildman–Crippen MR) is 98.4 cm³/mol. The molecule has 1 aliphatic heterocycles. The van der Waals surface area contributed by atoms with Crippen molar-refractivity contribution >= 4 is 11.6 Å². The molecule has 2 heterocycles. The second-order valence-corrected chi connectivity index (χ2v) is 7.31. The number of carbonyl (C=O) groups excluding carboxylic acids is 1. The van der Waals surface area contributed by atoms with E-state index < -0.39 is 17.7 Å². The summed E-state index contributed by atoms with van der Waals surface area (Å²) in [6.45, 7) is 7.38. The van der Waals surface area contributed by atoms with Gasteiger partial charge < -0.3 is 9.88 Å². The molecule has 1 aliphatic rings. The van der Waals surface area contributed by atoms with E-state index in [4.69, 9.17) is 0 Å². The molecule has 0 aliphatic carbocycles. The highest BCUT2D eigenvalue weighted by molar-refractivity contribution is 5.94. The van der Waals surface area contributed by atoms with Gasteiger partial charge in [-0.25, -0.2) is 8.78 Å². The molecule has 1 fully saturated rings. The molecule has 3 rings (SSSR count). The Bertz CT molecular complexity index is 807. The summed E-state index contributed by atoms with van der Waals surface area (Å²) in [5.74, 6) is -0.488. The number of benzene rings is 1. The quantitative estimate of drug-likeness (QED) is 0.868. The van der Waals surface area contributed by atoms with Gasteiger partial charge in [-0.05, 0) is 52.3 Å². The lowest BCUT2D eigenvalue weighted by Gasteiger charge is -2.36. The molecule has 1 amide bonds. The molecule has 2 aromatic rings. The van der Waals surface area contributed by atoms with Crippen molar-refractivity contribution < 1.29 is 13.6 Å². The van der Waals surface area contributed by atoms with Crippen LogP contribution in [-0.2, 0) is 4.79 Å². The maximum Gasteiger partial charge on any atom is 0.241 e. The Morgan fingerprint density at radius 1 is 1.30 bits per heavy atom. The number of nitrogens with one attached hydrogen (secondary N) is 1. The number of hydrogen-bond acceptors (Lipinski definition) is 4. The molecule has 146 valence electrons. The van der Waals surface area contributed by atoms with Crippen LogP contribution in [0.25, 0.3) is 0 Å². The highest BCUT2D eigenvalue weighted by Gasteiger charge is 2.31. The van der Waals surface area contributed by atoms with E-state index in [1.54, 1.807) is 13.3 Å². The summed E-state index contributed by atoms with van der Waals surface area (Å²) in [6, 6.07) is 2.82.